The van der Waals surface area contributed by atoms with Crippen molar-refractivity contribution in [2.24, 2.45) is 0 Å². The van der Waals surface area contributed by atoms with Gasteiger partial charge in [-0.2, -0.15) is 0 Å². The van der Waals surface area contributed by atoms with Gasteiger partial charge in [0.15, 0.2) is 0 Å². The third-order valence-electron chi connectivity index (χ3n) is 4.46. The molecule has 0 radical (unpaired) electrons. The summed E-state index contributed by atoms with van der Waals surface area (Å²) in [5, 5.41) is 6.16. The number of nitrogens with one attached hydrogen (secondary N) is 2. The predicted octanol–water partition coefficient (Wildman–Crippen LogP) is 4.13. The molecule has 1 amide bonds. The highest BCUT2D eigenvalue weighted by Gasteiger charge is 2.06. The lowest BCUT2D eigenvalue weighted by atomic mass is 10.0. The van der Waals surface area contributed by atoms with Crippen LogP contribution in [0.4, 0.5) is 5.95 Å². The number of carbonyl (C=O) groups is 1. The van der Waals surface area contributed by atoms with Crippen LogP contribution in [0.3, 0.4) is 0 Å². The second-order valence-electron chi connectivity index (χ2n) is 7.14. The number of amides is 1. The third-order valence-corrected chi connectivity index (χ3v) is 4.46. The fourth-order valence-corrected chi connectivity index (χ4v) is 3.16. The summed E-state index contributed by atoms with van der Waals surface area (Å²) in [6, 6.07) is 16.8. The zero-order chi connectivity index (χ0) is 19.9. The summed E-state index contributed by atoms with van der Waals surface area (Å²) in [4.78, 5) is 20.0. The topological polar surface area (TPSA) is 66.9 Å². The Hall–Kier alpha value is -3.21. The first-order valence-electron chi connectivity index (χ1n) is 9.47. The number of hydrogen-bond acceptors (Lipinski definition) is 4. The number of benzene rings is 2. The predicted molar refractivity (Wildman–Crippen MR) is 113 cm³/mol. The highest BCUT2D eigenvalue weighted by molar-refractivity contribution is 5.73. The van der Waals surface area contributed by atoms with Crippen molar-refractivity contribution in [2.45, 2.75) is 39.8 Å². The molecule has 0 saturated carbocycles. The smallest absolute Gasteiger partial charge is 0.222 e. The molecule has 1 atom stereocenters. The largest absolute Gasteiger partial charge is 0.354 e. The van der Waals surface area contributed by atoms with Crippen molar-refractivity contribution < 1.29 is 4.79 Å². The van der Waals surface area contributed by atoms with E-state index < -0.39 is 0 Å². The Bertz CT molecular complexity index is 920. The average molecular weight is 374 g/mol. The van der Waals surface area contributed by atoms with Gasteiger partial charge in [-0.1, -0.05) is 54.1 Å². The van der Waals surface area contributed by atoms with Gasteiger partial charge >= 0.3 is 0 Å². The van der Waals surface area contributed by atoms with Crippen LogP contribution < -0.4 is 10.6 Å². The molecule has 28 heavy (non-hydrogen) atoms. The standard InChI is InChI=1S/C23H26N4O/c1-16-5-4-6-20(11-16)13-24-23-25-14-22(15-26-23)21-9-7-19(8-10-21)12-17(2)27-18(3)28/h4-11,14-15,17H,12-13H2,1-3H3,(H,27,28)(H,24,25,26). The molecule has 0 bridgehead atoms. The van der Waals surface area contributed by atoms with E-state index in [2.05, 4.69) is 76.1 Å². The molecule has 5 heteroatoms. The van der Waals surface area contributed by atoms with E-state index >= 15 is 0 Å². The Labute approximate surface area is 166 Å². The molecule has 5 nitrogen and oxygen atoms in total. The highest BCUT2D eigenvalue weighted by atomic mass is 16.1. The second-order valence-corrected chi connectivity index (χ2v) is 7.14. The van der Waals surface area contributed by atoms with Gasteiger partial charge in [0, 0.05) is 37.5 Å². The molecule has 0 aliphatic carbocycles. The summed E-state index contributed by atoms with van der Waals surface area (Å²) in [5.41, 5.74) is 5.67. The van der Waals surface area contributed by atoms with E-state index in [0.717, 1.165) is 17.5 Å². The molecule has 0 spiro atoms. The van der Waals surface area contributed by atoms with Crippen LogP contribution in [-0.4, -0.2) is 21.9 Å². The lowest BCUT2D eigenvalue weighted by Crippen LogP contribution is -2.31. The summed E-state index contributed by atoms with van der Waals surface area (Å²) >= 11 is 0. The lowest BCUT2D eigenvalue weighted by Gasteiger charge is -2.12. The quantitative estimate of drug-likeness (QED) is 0.652. The molecular formula is C23H26N4O. The number of hydrogen-bond donors (Lipinski definition) is 2. The number of aromatic nitrogens is 2. The van der Waals surface area contributed by atoms with Gasteiger partial charge in [-0.3, -0.25) is 4.79 Å². The van der Waals surface area contributed by atoms with Gasteiger partial charge < -0.3 is 10.6 Å². The maximum absolute atomic E-state index is 11.1. The van der Waals surface area contributed by atoms with Crippen molar-refractivity contribution in [3.05, 3.63) is 77.6 Å². The molecule has 0 aliphatic heterocycles. The van der Waals surface area contributed by atoms with Crippen molar-refractivity contribution in [1.82, 2.24) is 15.3 Å². The molecular weight excluding hydrogens is 348 g/mol. The van der Waals surface area contributed by atoms with Crippen molar-refractivity contribution >= 4 is 11.9 Å². The first-order valence-corrected chi connectivity index (χ1v) is 9.47. The Balaban J connectivity index is 1.59. The van der Waals surface area contributed by atoms with Gasteiger partial charge in [-0.15, -0.1) is 0 Å². The second kappa shape index (κ2) is 9.13. The Morgan fingerprint density at radius 3 is 2.36 bits per heavy atom. The Morgan fingerprint density at radius 1 is 1.00 bits per heavy atom. The number of anilines is 1. The first kappa shape index (κ1) is 19.5. The first-order chi connectivity index (χ1) is 13.5. The number of carbonyl (C=O) groups excluding carboxylic acids is 1. The van der Waals surface area contributed by atoms with Gasteiger partial charge in [0.05, 0.1) is 0 Å². The molecule has 2 N–H and O–H groups in total. The minimum atomic E-state index is -0.00244. The molecule has 0 saturated heterocycles. The van der Waals surface area contributed by atoms with Gasteiger partial charge in [0.1, 0.15) is 0 Å². The SMILES string of the molecule is CC(=O)NC(C)Cc1ccc(-c2cnc(NCc3cccc(C)c3)nc2)cc1. The normalized spacial score (nSPS) is 11.7. The van der Waals surface area contributed by atoms with E-state index in [1.54, 1.807) is 6.92 Å². The van der Waals surface area contributed by atoms with Crippen LogP contribution in [0.1, 0.15) is 30.5 Å². The molecule has 0 aliphatic rings. The van der Waals surface area contributed by atoms with E-state index in [0.29, 0.717) is 12.5 Å². The zero-order valence-corrected chi connectivity index (χ0v) is 16.6. The molecule has 3 aromatic rings. The maximum Gasteiger partial charge on any atom is 0.222 e. The zero-order valence-electron chi connectivity index (χ0n) is 16.6. The minimum Gasteiger partial charge on any atom is -0.354 e. The molecule has 144 valence electrons. The van der Waals surface area contributed by atoms with Crippen LogP contribution in [0, 0.1) is 6.92 Å². The van der Waals surface area contributed by atoms with Crippen LogP contribution in [0.25, 0.3) is 11.1 Å². The van der Waals surface area contributed by atoms with Crippen LogP contribution >= 0.6 is 0 Å². The maximum atomic E-state index is 11.1. The van der Waals surface area contributed by atoms with E-state index in [-0.39, 0.29) is 11.9 Å². The van der Waals surface area contributed by atoms with E-state index in [9.17, 15) is 4.79 Å². The number of aryl methyl sites for hydroxylation is 1. The lowest BCUT2D eigenvalue weighted by molar-refractivity contribution is -0.119. The Kier molecular flexibility index (Phi) is 6.37. The Morgan fingerprint density at radius 2 is 1.71 bits per heavy atom. The average Bonchev–Trinajstić information content (AvgIpc) is 2.67. The summed E-state index contributed by atoms with van der Waals surface area (Å²) < 4.78 is 0. The third kappa shape index (κ3) is 5.64. The van der Waals surface area contributed by atoms with Crippen molar-refractivity contribution in [1.29, 1.82) is 0 Å². The van der Waals surface area contributed by atoms with Crippen molar-refractivity contribution in [3.63, 3.8) is 0 Å². The molecule has 3 rings (SSSR count). The summed E-state index contributed by atoms with van der Waals surface area (Å²) in [6.07, 6.45) is 4.47. The van der Waals surface area contributed by atoms with Crippen LogP contribution in [0.2, 0.25) is 0 Å². The fourth-order valence-electron chi connectivity index (χ4n) is 3.16. The summed E-state index contributed by atoms with van der Waals surface area (Å²) in [6.45, 7) is 6.33. The van der Waals surface area contributed by atoms with E-state index in [4.69, 9.17) is 0 Å². The van der Waals surface area contributed by atoms with Gasteiger partial charge in [0.25, 0.3) is 0 Å². The number of nitrogens with zero attached hydrogens (tertiary/aromatic N) is 2. The van der Waals surface area contributed by atoms with Crippen LogP contribution in [0.5, 0.6) is 0 Å². The van der Waals surface area contributed by atoms with E-state index in [1.807, 2.05) is 19.3 Å². The van der Waals surface area contributed by atoms with Crippen LogP contribution in [0.15, 0.2) is 60.9 Å². The minimum absolute atomic E-state index is 0.00244. The van der Waals surface area contributed by atoms with Gasteiger partial charge in [-0.25, -0.2) is 9.97 Å². The summed E-state index contributed by atoms with van der Waals surface area (Å²) in [5.74, 6) is 0.614. The summed E-state index contributed by atoms with van der Waals surface area (Å²) in [7, 11) is 0. The molecule has 1 aromatic heterocycles. The molecule has 0 fully saturated rings. The van der Waals surface area contributed by atoms with E-state index in [1.165, 1.54) is 16.7 Å². The van der Waals surface area contributed by atoms with Gasteiger partial charge in [-0.05, 0) is 37.0 Å². The van der Waals surface area contributed by atoms with Crippen LogP contribution in [-0.2, 0) is 17.8 Å². The molecule has 2 aromatic carbocycles. The molecule has 1 heterocycles. The molecule has 1 unspecified atom stereocenters. The highest BCUT2D eigenvalue weighted by Crippen LogP contribution is 2.19. The van der Waals surface area contributed by atoms with Gasteiger partial charge in [0.2, 0.25) is 11.9 Å². The van der Waals surface area contributed by atoms with Crippen molar-refractivity contribution in [2.75, 3.05) is 5.32 Å². The number of rotatable bonds is 7. The van der Waals surface area contributed by atoms with Crippen molar-refractivity contribution in [3.8, 4) is 11.1 Å². The monoisotopic (exact) mass is 374 g/mol. The fraction of sp³-hybridized carbons (Fsp3) is 0.261.